The largest absolute Gasteiger partial charge is 0.480 e. The van der Waals surface area contributed by atoms with Crippen LogP contribution in [0, 0.1) is 0 Å². The summed E-state index contributed by atoms with van der Waals surface area (Å²) in [5.74, 6) is 0.124. The monoisotopic (exact) mass is 439 g/mol. The first-order chi connectivity index (χ1) is 14.9. The van der Waals surface area contributed by atoms with Gasteiger partial charge in [-0.2, -0.15) is 0 Å². The van der Waals surface area contributed by atoms with Gasteiger partial charge in [0.05, 0.1) is 12.2 Å². The Morgan fingerprint density at radius 2 is 1.87 bits per heavy atom. The normalized spacial score (nSPS) is 13.1. The molecule has 0 saturated heterocycles. The average molecular weight is 440 g/mol. The van der Waals surface area contributed by atoms with Gasteiger partial charge in [0.2, 0.25) is 0 Å². The van der Waals surface area contributed by atoms with Crippen molar-refractivity contribution in [3.8, 4) is 0 Å². The summed E-state index contributed by atoms with van der Waals surface area (Å²) in [4.78, 5) is 16.8. The summed E-state index contributed by atoms with van der Waals surface area (Å²) < 4.78 is 2.16. The SMILES string of the molecule is CCCCc1ncc(CNC(C)(Cc2ccccc2)C(=O)O)n1Cc1ccccc1Cl. The smallest absolute Gasteiger partial charge is 0.323 e. The molecule has 2 aromatic carbocycles. The molecule has 164 valence electrons. The summed E-state index contributed by atoms with van der Waals surface area (Å²) in [6, 6.07) is 17.5. The van der Waals surface area contributed by atoms with Gasteiger partial charge in [-0.15, -0.1) is 0 Å². The van der Waals surface area contributed by atoms with Gasteiger partial charge in [-0.1, -0.05) is 73.5 Å². The van der Waals surface area contributed by atoms with E-state index in [1.165, 1.54) is 0 Å². The number of imidazole rings is 1. The maximum atomic E-state index is 12.1. The molecule has 5 nitrogen and oxygen atoms in total. The Hall–Kier alpha value is -2.63. The standard InChI is InChI=1S/C25H30ClN3O2/c1-3-4-14-23-27-16-21(29(23)18-20-12-8-9-13-22(20)26)17-28-25(2,24(30)31)15-19-10-6-5-7-11-19/h5-13,16,28H,3-4,14-15,17-18H2,1-2H3,(H,30,31). The Morgan fingerprint density at radius 3 is 2.55 bits per heavy atom. The Kier molecular flexibility index (Phi) is 7.88. The highest BCUT2D eigenvalue weighted by Gasteiger charge is 2.33. The maximum Gasteiger partial charge on any atom is 0.323 e. The number of nitrogens with one attached hydrogen (secondary N) is 1. The summed E-state index contributed by atoms with van der Waals surface area (Å²) in [5.41, 5.74) is 1.86. The molecule has 3 aromatic rings. The number of aliphatic carboxylic acids is 1. The lowest BCUT2D eigenvalue weighted by Crippen LogP contribution is -2.51. The van der Waals surface area contributed by atoms with Crippen LogP contribution in [0.25, 0.3) is 0 Å². The van der Waals surface area contributed by atoms with Crippen molar-refractivity contribution >= 4 is 17.6 Å². The van der Waals surface area contributed by atoms with Crippen LogP contribution in [-0.2, 0) is 30.7 Å². The number of hydrogen-bond donors (Lipinski definition) is 2. The lowest BCUT2D eigenvalue weighted by molar-refractivity contribution is -0.144. The molecule has 3 rings (SSSR count). The fraction of sp³-hybridized carbons (Fsp3) is 0.360. The number of aromatic nitrogens is 2. The minimum atomic E-state index is -1.09. The third-order valence-electron chi connectivity index (χ3n) is 5.59. The van der Waals surface area contributed by atoms with Crippen LogP contribution < -0.4 is 5.32 Å². The van der Waals surface area contributed by atoms with Gasteiger partial charge in [-0.05, 0) is 30.5 Å². The topological polar surface area (TPSA) is 67.2 Å². The number of halogens is 1. The van der Waals surface area contributed by atoms with Crippen LogP contribution in [0.2, 0.25) is 5.02 Å². The Bertz CT molecular complexity index is 1000. The number of aryl methyl sites for hydroxylation is 1. The molecule has 0 aliphatic carbocycles. The molecule has 0 bridgehead atoms. The highest BCUT2D eigenvalue weighted by molar-refractivity contribution is 6.31. The first-order valence-corrected chi connectivity index (χ1v) is 11.1. The predicted octanol–water partition coefficient (Wildman–Crippen LogP) is 5.10. The van der Waals surface area contributed by atoms with Crippen molar-refractivity contribution in [2.75, 3.05) is 0 Å². The molecule has 0 amide bonds. The van der Waals surface area contributed by atoms with E-state index >= 15 is 0 Å². The van der Waals surface area contributed by atoms with E-state index in [2.05, 4.69) is 21.8 Å². The van der Waals surface area contributed by atoms with Gasteiger partial charge >= 0.3 is 5.97 Å². The van der Waals surface area contributed by atoms with Crippen LogP contribution in [0.5, 0.6) is 0 Å². The molecule has 0 saturated carbocycles. The molecular formula is C25H30ClN3O2. The zero-order valence-corrected chi connectivity index (χ0v) is 18.9. The van der Waals surface area contributed by atoms with Crippen LogP contribution in [0.15, 0.2) is 60.8 Å². The van der Waals surface area contributed by atoms with Gasteiger partial charge in [-0.3, -0.25) is 10.1 Å². The highest BCUT2D eigenvalue weighted by Crippen LogP contribution is 2.20. The summed E-state index contributed by atoms with van der Waals surface area (Å²) in [5, 5.41) is 13.9. The second-order valence-electron chi connectivity index (χ2n) is 8.10. The first kappa shape index (κ1) is 23.0. The number of rotatable bonds is 11. The molecule has 0 fully saturated rings. The molecule has 1 unspecified atom stereocenters. The zero-order valence-electron chi connectivity index (χ0n) is 18.1. The second kappa shape index (κ2) is 10.6. The maximum absolute atomic E-state index is 12.1. The van der Waals surface area contributed by atoms with Crippen LogP contribution in [0.3, 0.4) is 0 Å². The number of benzene rings is 2. The van der Waals surface area contributed by atoms with E-state index in [1.807, 2.05) is 60.8 Å². The van der Waals surface area contributed by atoms with Crippen LogP contribution >= 0.6 is 11.6 Å². The zero-order chi connectivity index (χ0) is 22.3. The molecule has 0 aliphatic rings. The van der Waals surface area contributed by atoms with Crippen molar-refractivity contribution < 1.29 is 9.90 Å². The number of carbonyl (C=O) groups is 1. The van der Waals surface area contributed by atoms with Gasteiger partial charge in [0.15, 0.2) is 0 Å². The minimum absolute atomic E-state index is 0.393. The summed E-state index contributed by atoms with van der Waals surface area (Å²) in [6.45, 7) is 4.90. The Balaban J connectivity index is 1.83. The van der Waals surface area contributed by atoms with Crippen molar-refractivity contribution in [1.29, 1.82) is 0 Å². The fourth-order valence-corrected chi connectivity index (χ4v) is 3.82. The van der Waals surface area contributed by atoms with Crippen molar-refractivity contribution in [3.63, 3.8) is 0 Å². The van der Waals surface area contributed by atoms with Gasteiger partial charge in [0.25, 0.3) is 0 Å². The quantitative estimate of drug-likeness (QED) is 0.436. The van der Waals surface area contributed by atoms with Gasteiger partial charge in [-0.25, -0.2) is 4.98 Å². The Morgan fingerprint density at radius 1 is 1.16 bits per heavy atom. The molecule has 31 heavy (non-hydrogen) atoms. The highest BCUT2D eigenvalue weighted by atomic mass is 35.5. The van der Waals surface area contributed by atoms with E-state index in [1.54, 1.807) is 6.92 Å². The van der Waals surface area contributed by atoms with Crippen molar-refractivity contribution in [2.24, 2.45) is 0 Å². The van der Waals surface area contributed by atoms with Gasteiger partial charge < -0.3 is 9.67 Å². The van der Waals surface area contributed by atoms with Crippen molar-refractivity contribution in [3.05, 3.63) is 88.5 Å². The average Bonchev–Trinajstić information content (AvgIpc) is 3.14. The van der Waals surface area contributed by atoms with E-state index in [4.69, 9.17) is 11.6 Å². The number of carboxylic acid groups (broad SMARTS) is 1. The summed E-state index contributed by atoms with van der Waals surface area (Å²) in [6.07, 6.45) is 5.25. The van der Waals surface area contributed by atoms with E-state index in [0.29, 0.717) is 19.5 Å². The van der Waals surface area contributed by atoms with E-state index in [0.717, 1.165) is 46.9 Å². The third kappa shape index (κ3) is 5.96. The molecule has 2 N–H and O–H groups in total. The van der Waals surface area contributed by atoms with E-state index in [-0.39, 0.29) is 0 Å². The van der Waals surface area contributed by atoms with Gasteiger partial charge in [0.1, 0.15) is 11.4 Å². The van der Waals surface area contributed by atoms with Gasteiger partial charge in [0, 0.05) is 30.6 Å². The first-order valence-electron chi connectivity index (χ1n) is 10.7. The van der Waals surface area contributed by atoms with Crippen molar-refractivity contribution in [1.82, 2.24) is 14.9 Å². The summed E-state index contributed by atoms with van der Waals surface area (Å²) in [7, 11) is 0. The molecule has 1 aromatic heterocycles. The van der Waals surface area contributed by atoms with Crippen LogP contribution in [-0.4, -0.2) is 26.2 Å². The van der Waals surface area contributed by atoms with Crippen LogP contribution in [0.1, 0.15) is 49.3 Å². The fourth-order valence-electron chi connectivity index (χ4n) is 3.62. The third-order valence-corrected chi connectivity index (χ3v) is 5.96. The summed E-state index contributed by atoms with van der Waals surface area (Å²) >= 11 is 6.40. The second-order valence-corrected chi connectivity index (χ2v) is 8.51. The molecule has 1 heterocycles. The number of hydrogen-bond acceptors (Lipinski definition) is 3. The molecule has 1 atom stereocenters. The molecule has 0 spiro atoms. The van der Waals surface area contributed by atoms with Crippen LogP contribution in [0.4, 0.5) is 0 Å². The lowest BCUT2D eigenvalue weighted by atomic mass is 9.92. The molecular weight excluding hydrogens is 410 g/mol. The number of unbranched alkanes of at least 4 members (excludes halogenated alkanes) is 1. The lowest BCUT2D eigenvalue weighted by Gasteiger charge is -2.27. The van der Waals surface area contributed by atoms with E-state index < -0.39 is 11.5 Å². The predicted molar refractivity (Wildman–Crippen MR) is 124 cm³/mol. The van der Waals surface area contributed by atoms with E-state index in [9.17, 15) is 9.90 Å². The Labute approximate surface area is 189 Å². The number of carboxylic acids is 1. The molecule has 6 heteroatoms. The molecule has 0 aliphatic heterocycles. The molecule has 0 radical (unpaired) electrons. The van der Waals surface area contributed by atoms with Crippen molar-refractivity contribution in [2.45, 2.75) is 58.2 Å². The number of nitrogens with zero attached hydrogens (tertiary/aromatic N) is 2. The minimum Gasteiger partial charge on any atom is -0.480 e.